The average molecular weight is 409 g/mol. The zero-order valence-corrected chi connectivity index (χ0v) is 17.5. The molecule has 1 heterocycles. The van der Waals surface area contributed by atoms with Crippen molar-refractivity contribution < 1.29 is 4.42 Å². The van der Waals surface area contributed by atoms with Crippen molar-refractivity contribution in [2.24, 2.45) is 5.92 Å². The van der Waals surface area contributed by atoms with Crippen molar-refractivity contribution in [1.29, 1.82) is 0 Å². The van der Waals surface area contributed by atoms with E-state index in [0.29, 0.717) is 11.8 Å². The maximum atomic E-state index is 6.55. The van der Waals surface area contributed by atoms with Gasteiger partial charge in [-0.1, -0.05) is 103 Å². The lowest BCUT2D eigenvalue weighted by Crippen LogP contribution is -2.32. The van der Waals surface area contributed by atoms with E-state index < -0.39 is 0 Å². The molecular weight excluding hydrogens is 388 g/mol. The van der Waals surface area contributed by atoms with E-state index in [4.69, 9.17) is 4.42 Å². The Bertz CT molecular complexity index is 1650. The third kappa shape index (κ3) is 1.75. The largest absolute Gasteiger partial charge is 0.455 e. The van der Waals surface area contributed by atoms with Crippen LogP contribution in [0.1, 0.15) is 28.2 Å². The van der Waals surface area contributed by atoms with Crippen LogP contribution >= 0.6 is 0 Å². The molecule has 0 saturated carbocycles. The molecule has 0 bridgehead atoms. The van der Waals surface area contributed by atoms with Gasteiger partial charge in [-0.2, -0.15) is 0 Å². The molecule has 150 valence electrons. The number of rotatable bonds is 0. The SMILES string of the molecule is C1=CC2c3ccccc3C3(c4ccccc4-c4c3ccc3c4oc4ccccc43)C2C=C1. The quantitative estimate of drug-likeness (QED) is 0.255. The number of hydrogen-bond acceptors (Lipinski definition) is 1. The third-order valence-corrected chi connectivity index (χ3v) is 7.97. The fraction of sp³-hybridized carbons (Fsp3) is 0.0968. The van der Waals surface area contributed by atoms with Gasteiger partial charge in [0, 0.05) is 28.2 Å². The molecule has 0 saturated heterocycles. The van der Waals surface area contributed by atoms with Crippen LogP contribution in [-0.2, 0) is 5.41 Å². The molecule has 3 unspecified atom stereocenters. The predicted molar refractivity (Wildman–Crippen MR) is 130 cm³/mol. The second-order valence-electron chi connectivity index (χ2n) is 9.23. The first kappa shape index (κ1) is 16.8. The summed E-state index contributed by atoms with van der Waals surface area (Å²) in [6.07, 6.45) is 9.26. The van der Waals surface area contributed by atoms with Crippen LogP contribution in [-0.4, -0.2) is 0 Å². The van der Waals surface area contributed by atoms with E-state index in [0.717, 1.165) is 11.2 Å². The molecule has 3 aliphatic rings. The Morgan fingerprint density at radius 2 is 1.41 bits per heavy atom. The Balaban J connectivity index is 1.58. The van der Waals surface area contributed by atoms with Crippen LogP contribution in [0.15, 0.2) is 114 Å². The van der Waals surface area contributed by atoms with Crippen LogP contribution < -0.4 is 0 Å². The molecule has 5 aromatic rings. The molecule has 0 radical (unpaired) electrons. The van der Waals surface area contributed by atoms with Crippen molar-refractivity contribution in [2.45, 2.75) is 11.3 Å². The molecule has 4 aromatic carbocycles. The molecule has 1 spiro atoms. The Labute approximate surface area is 186 Å². The summed E-state index contributed by atoms with van der Waals surface area (Å²) in [5.41, 5.74) is 10.0. The summed E-state index contributed by atoms with van der Waals surface area (Å²) >= 11 is 0. The number of furan rings is 1. The first-order valence-corrected chi connectivity index (χ1v) is 11.4. The minimum Gasteiger partial charge on any atom is -0.455 e. The highest BCUT2D eigenvalue weighted by Crippen LogP contribution is 2.66. The molecule has 1 aromatic heterocycles. The van der Waals surface area contributed by atoms with Crippen molar-refractivity contribution in [1.82, 2.24) is 0 Å². The summed E-state index contributed by atoms with van der Waals surface area (Å²) in [6.45, 7) is 0. The number of hydrogen-bond donors (Lipinski definition) is 0. The Morgan fingerprint density at radius 1 is 0.625 bits per heavy atom. The minimum absolute atomic E-state index is 0.193. The lowest BCUT2D eigenvalue weighted by atomic mass is 9.65. The molecule has 0 aliphatic heterocycles. The van der Waals surface area contributed by atoms with E-state index in [-0.39, 0.29) is 5.41 Å². The van der Waals surface area contributed by atoms with Crippen LogP contribution in [0.25, 0.3) is 33.1 Å². The van der Waals surface area contributed by atoms with E-state index >= 15 is 0 Å². The molecule has 8 rings (SSSR count). The summed E-state index contributed by atoms with van der Waals surface area (Å²) in [5, 5.41) is 2.39. The zero-order chi connectivity index (χ0) is 20.9. The van der Waals surface area contributed by atoms with Gasteiger partial charge in [0.2, 0.25) is 0 Å². The second kappa shape index (κ2) is 5.69. The van der Waals surface area contributed by atoms with Gasteiger partial charge in [0.1, 0.15) is 11.2 Å². The second-order valence-corrected chi connectivity index (χ2v) is 9.23. The van der Waals surface area contributed by atoms with Crippen molar-refractivity contribution in [2.75, 3.05) is 0 Å². The fourth-order valence-corrected chi connectivity index (χ4v) is 6.87. The first-order chi connectivity index (χ1) is 15.9. The van der Waals surface area contributed by atoms with E-state index in [9.17, 15) is 0 Å². The minimum atomic E-state index is -0.193. The lowest BCUT2D eigenvalue weighted by Gasteiger charge is -2.36. The van der Waals surface area contributed by atoms with Gasteiger partial charge >= 0.3 is 0 Å². The smallest absolute Gasteiger partial charge is 0.143 e. The molecule has 0 fully saturated rings. The van der Waals surface area contributed by atoms with Gasteiger partial charge in [0.15, 0.2) is 0 Å². The van der Waals surface area contributed by atoms with Crippen LogP contribution in [0.3, 0.4) is 0 Å². The normalized spacial score (nSPS) is 24.1. The predicted octanol–water partition coefficient (Wildman–Crippen LogP) is 7.74. The average Bonchev–Trinajstić information content (AvgIpc) is 3.48. The van der Waals surface area contributed by atoms with E-state index in [2.05, 4.69) is 109 Å². The summed E-state index contributed by atoms with van der Waals surface area (Å²) in [7, 11) is 0. The van der Waals surface area contributed by atoms with Gasteiger partial charge in [-0.3, -0.25) is 0 Å². The molecule has 3 aliphatic carbocycles. The van der Waals surface area contributed by atoms with Crippen molar-refractivity contribution in [3.63, 3.8) is 0 Å². The van der Waals surface area contributed by atoms with Gasteiger partial charge < -0.3 is 4.42 Å². The standard InChI is InChI=1S/C31H20O/c1-5-13-24-19(9-1)20-10-2-6-14-25(20)31(24)26-15-7-3-12-23(26)29-27(31)18-17-22-21-11-4-8-16-28(21)32-30(22)29/h1-19,24H. The van der Waals surface area contributed by atoms with Crippen LogP contribution in [0, 0.1) is 5.92 Å². The van der Waals surface area contributed by atoms with E-state index in [1.54, 1.807) is 0 Å². The zero-order valence-electron chi connectivity index (χ0n) is 17.5. The maximum absolute atomic E-state index is 6.55. The lowest BCUT2D eigenvalue weighted by molar-refractivity contribution is 0.465. The van der Waals surface area contributed by atoms with Gasteiger partial charge in [0.25, 0.3) is 0 Å². The summed E-state index contributed by atoms with van der Waals surface area (Å²) in [4.78, 5) is 0. The maximum Gasteiger partial charge on any atom is 0.143 e. The van der Waals surface area contributed by atoms with Gasteiger partial charge in [-0.05, 0) is 33.9 Å². The van der Waals surface area contributed by atoms with Crippen LogP contribution in [0.2, 0.25) is 0 Å². The van der Waals surface area contributed by atoms with Crippen molar-refractivity contribution >= 4 is 21.9 Å². The highest BCUT2D eigenvalue weighted by Gasteiger charge is 2.57. The molecule has 1 nitrogen and oxygen atoms in total. The van der Waals surface area contributed by atoms with Crippen LogP contribution in [0.4, 0.5) is 0 Å². The van der Waals surface area contributed by atoms with Gasteiger partial charge in [0.05, 0.1) is 5.41 Å². The topological polar surface area (TPSA) is 13.1 Å². The number of para-hydroxylation sites is 1. The molecular formula is C31H20O. The van der Waals surface area contributed by atoms with E-state index in [1.807, 2.05) is 0 Å². The highest BCUT2D eigenvalue weighted by atomic mass is 16.3. The first-order valence-electron chi connectivity index (χ1n) is 11.4. The molecule has 1 heteroatoms. The molecule has 0 N–H and O–H groups in total. The highest BCUT2D eigenvalue weighted by molar-refractivity contribution is 6.12. The Kier molecular flexibility index (Phi) is 2.99. The molecule has 3 atom stereocenters. The molecule has 32 heavy (non-hydrogen) atoms. The van der Waals surface area contributed by atoms with E-state index in [1.165, 1.54) is 44.2 Å². The fourth-order valence-electron chi connectivity index (χ4n) is 6.87. The van der Waals surface area contributed by atoms with Crippen molar-refractivity contribution in [3.8, 4) is 11.1 Å². The van der Waals surface area contributed by atoms with Crippen molar-refractivity contribution in [3.05, 3.63) is 131 Å². The monoisotopic (exact) mass is 408 g/mol. The number of benzene rings is 4. The number of fused-ring (bicyclic) bond motifs is 14. The summed E-state index contributed by atoms with van der Waals surface area (Å²) in [6, 6.07) is 31.1. The molecule has 0 amide bonds. The Hall–Kier alpha value is -3.84. The number of allylic oxidation sites excluding steroid dienone is 4. The third-order valence-electron chi connectivity index (χ3n) is 7.97. The Morgan fingerprint density at radius 3 is 2.38 bits per heavy atom. The summed E-state index contributed by atoms with van der Waals surface area (Å²) < 4.78 is 6.55. The van der Waals surface area contributed by atoms with Crippen LogP contribution in [0.5, 0.6) is 0 Å². The van der Waals surface area contributed by atoms with Gasteiger partial charge in [-0.25, -0.2) is 0 Å². The van der Waals surface area contributed by atoms with Gasteiger partial charge in [-0.15, -0.1) is 0 Å². The summed E-state index contributed by atoms with van der Waals surface area (Å²) in [5.74, 6) is 0.746.